The molecule has 124 valence electrons. The van der Waals surface area contributed by atoms with E-state index in [2.05, 4.69) is 68.2 Å². The SMILES string of the molecule is CC(C)(C)c1ccc(CC(=O)CCc2cc3c(cn2)CC=C3)cc1. The van der Waals surface area contributed by atoms with Gasteiger partial charge < -0.3 is 0 Å². The van der Waals surface area contributed by atoms with Crippen LogP contribution in [0.25, 0.3) is 6.08 Å². The van der Waals surface area contributed by atoms with Crippen LogP contribution in [0.1, 0.15) is 55.1 Å². The van der Waals surface area contributed by atoms with E-state index in [0.29, 0.717) is 12.8 Å². The number of hydrogen-bond donors (Lipinski definition) is 0. The van der Waals surface area contributed by atoms with Crippen LogP contribution in [-0.4, -0.2) is 10.8 Å². The maximum Gasteiger partial charge on any atom is 0.137 e. The number of carbonyl (C=O) groups excluding carboxylic acids is 1. The maximum atomic E-state index is 12.3. The average Bonchev–Trinajstić information content (AvgIpc) is 3.00. The third-order valence-electron chi connectivity index (χ3n) is 4.60. The third-order valence-corrected chi connectivity index (χ3v) is 4.60. The number of hydrogen-bond acceptors (Lipinski definition) is 2. The van der Waals surface area contributed by atoms with E-state index in [1.807, 2.05) is 6.20 Å². The van der Waals surface area contributed by atoms with Crippen molar-refractivity contribution in [1.82, 2.24) is 4.98 Å². The molecule has 1 heterocycles. The van der Waals surface area contributed by atoms with Gasteiger partial charge in [0.25, 0.3) is 0 Å². The number of nitrogens with zero attached hydrogens (tertiary/aromatic N) is 1. The molecule has 2 nitrogen and oxygen atoms in total. The van der Waals surface area contributed by atoms with Gasteiger partial charge in [-0.25, -0.2) is 0 Å². The number of aryl methyl sites for hydroxylation is 1. The summed E-state index contributed by atoms with van der Waals surface area (Å²) in [6, 6.07) is 10.5. The van der Waals surface area contributed by atoms with Gasteiger partial charge in [0.05, 0.1) is 0 Å². The summed E-state index contributed by atoms with van der Waals surface area (Å²) in [5.41, 5.74) is 6.09. The Hall–Kier alpha value is -2.22. The summed E-state index contributed by atoms with van der Waals surface area (Å²) in [6.07, 6.45) is 9.00. The van der Waals surface area contributed by atoms with E-state index in [1.165, 1.54) is 16.7 Å². The first-order valence-corrected chi connectivity index (χ1v) is 8.67. The van der Waals surface area contributed by atoms with Crippen LogP contribution in [0.15, 0.2) is 42.6 Å². The predicted octanol–water partition coefficient (Wildman–Crippen LogP) is 4.69. The summed E-state index contributed by atoms with van der Waals surface area (Å²) in [7, 11) is 0. The van der Waals surface area contributed by atoms with Crippen LogP contribution >= 0.6 is 0 Å². The molecular weight excluding hydrogens is 294 g/mol. The zero-order valence-electron chi connectivity index (χ0n) is 14.8. The molecule has 0 atom stereocenters. The number of benzene rings is 1. The largest absolute Gasteiger partial charge is 0.299 e. The zero-order chi connectivity index (χ0) is 17.2. The molecule has 0 saturated heterocycles. The predicted molar refractivity (Wildman–Crippen MR) is 99.1 cm³/mol. The molecule has 1 aliphatic carbocycles. The van der Waals surface area contributed by atoms with E-state index < -0.39 is 0 Å². The molecule has 0 bridgehead atoms. The van der Waals surface area contributed by atoms with E-state index in [9.17, 15) is 4.79 Å². The van der Waals surface area contributed by atoms with Crippen LogP contribution in [0.3, 0.4) is 0 Å². The molecule has 24 heavy (non-hydrogen) atoms. The highest BCUT2D eigenvalue weighted by Gasteiger charge is 2.13. The van der Waals surface area contributed by atoms with Crippen molar-refractivity contribution < 1.29 is 4.79 Å². The topological polar surface area (TPSA) is 30.0 Å². The number of Topliss-reactive ketones (excluding diaryl/α,β-unsaturated/α-hetero) is 1. The van der Waals surface area contributed by atoms with Crippen molar-refractivity contribution in [3.63, 3.8) is 0 Å². The molecule has 0 amide bonds. The van der Waals surface area contributed by atoms with Gasteiger partial charge in [0.15, 0.2) is 0 Å². The van der Waals surface area contributed by atoms with Crippen LogP contribution in [-0.2, 0) is 29.5 Å². The molecule has 0 N–H and O–H groups in total. The summed E-state index contributed by atoms with van der Waals surface area (Å²) < 4.78 is 0. The Kier molecular flexibility index (Phi) is 4.66. The van der Waals surface area contributed by atoms with Crippen molar-refractivity contribution in [3.05, 3.63) is 70.6 Å². The summed E-state index contributed by atoms with van der Waals surface area (Å²) in [6.45, 7) is 6.60. The van der Waals surface area contributed by atoms with Gasteiger partial charge in [-0.05, 0) is 46.6 Å². The molecule has 2 heteroatoms. The summed E-state index contributed by atoms with van der Waals surface area (Å²) in [5.74, 6) is 0.274. The van der Waals surface area contributed by atoms with Gasteiger partial charge >= 0.3 is 0 Å². The minimum atomic E-state index is 0.149. The first kappa shape index (κ1) is 16.6. The Morgan fingerprint density at radius 3 is 2.62 bits per heavy atom. The van der Waals surface area contributed by atoms with Crippen molar-refractivity contribution in [3.8, 4) is 0 Å². The Morgan fingerprint density at radius 1 is 1.17 bits per heavy atom. The summed E-state index contributed by atoms with van der Waals surface area (Å²) in [4.78, 5) is 16.7. The summed E-state index contributed by atoms with van der Waals surface area (Å²) in [5, 5.41) is 0. The molecule has 0 unspecified atom stereocenters. The molecule has 1 aromatic heterocycles. The molecule has 1 aliphatic rings. The highest BCUT2D eigenvalue weighted by atomic mass is 16.1. The van der Waals surface area contributed by atoms with Crippen molar-refractivity contribution in [2.24, 2.45) is 0 Å². The van der Waals surface area contributed by atoms with Crippen molar-refractivity contribution in [2.75, 3.05) is 0 Å². The van der Waals surface area contributed by atoms with Gasteiger partial charge in [0.1, 0.15) is 5.78 Å². The zero-order valence-corrected chi connectivity index (χ0v) is 14.8. The van der Waals surface area contributed by atoms with Crippen LogP contribution in [0.2, 0.25) is 0 Å². The quantitative estimate of drug-likeness (QED) is 0.800. The maximum absolute atomic E-state index is 12.3. The number of aromatic nitrogens is 1. The number of ketones is 1. The monoisotopic (exact) mass is 319 g/mol. The van der Waals surface area contributed by atoms with Gasteiger partial charge in [-0.15, -0.1) is 0 Å². The first-order chi connectivity index (χ1) is 11.4. The average molecular weight is 319 g/mol. The van der Waals surface area contributed by atoms with Crippen molar-refractivity contribution in [1.29, 1.82) is 0 Å². The van der Waals surface area contributed by atoms with E-state index in [1.54, 1.807) is 0 Å². The molecule has 0 fully saturated rings. The van der Waals surface area contributed by atoms with Crippen LogP contribution in [0.4, 0.5) is 0 Å². The van der Waals surface area contributed by atoms with Gasteiger partial charge in [0, 0.05) is 24.7 Å². The minimum absolute atomic E-state index is 0.149. The van der Waals surface area contributed by atoms with Gasteiger partial charge in [-0.1, -0.05) is 57.2 Å². The second-order valence-electron chi connectivity index (χ2n) is 7.64. The fourth-order valence-electron chi connectivity index (χ4n) is 3.03. The molecule has 0 saturated carbocycles. The number of pyridine rings is 1. The minimum Gasteiger partial charge on any atom is -0.299 e. The Labute approximate surface area is 144 Å². The van der Waals surface area contributed by atoms with E-state index in [0.717, 1.165) is 24.1 Å². The highest BCUT2D eigenvalue weighted by molar-refractivity contribution is 5.81. The van der Waals surface area contributed by atoms with Gasteiger partial charge in [-0.3, -0.25) is 9.78 Å². The first-order valence-electron chi connectivity index (χ1n) is 8.67. The van der Waals surface area contributed by atoms with E-state index in [4.69, 9.17) is 0 Å². The van der Waals surface area contributed by atoms with Gasteiger partial charge in [0.2, 0.25) is 0 Å². The van der Waals surface area contributed by atoms with E-state index in [-0.39, 0.29) is 11.2 Å². The Bertz CT molecular complexity index is 764. The van der Waals surface area contributed by atoms with Crippen LogP contribution < -0.4 is 0 Å². The summed E-state index contributed by atoms with van der Waals surface area (Å²) >= 11 is 0. The second kappa shape index (κ2) is 6.72. The van der Waals surface area contributed by atoms with Crippen molar-refractivity contribution >= 4 is 11.9 Å². The number of allylic oxidation sites excluding steroid dienone is 1. The number of fused-ring (bicyclic) bond motifs is 1. The lowest BCUT2D eigenvalue weighted by Crippen LogP contribution is -2.11. The highest BCUT2D eigenvalue weighted by Crippen LogP contribution is 2.23. The molecular formula is C22H25NO. The lowest BCUT2D eigenvalue weighted by atomic mass is 9.86. The number of rotatable bonds is 5. The van der Waals surface area contributed by atoms with Gasteiger partial charge in [-0.2, -0.15) is 0 Å². The third kappa shape index (κ3) is 4.00. The number of carbonyl (C=O) groups is 1. The molecule has 3 rings (SSSR count). The smallest absolute Gasteiger partial charge is 0.137 e. The van der Waals surface area contributed by atoms with Crippen LogP contribution in [0.5, 0.6) is 0 Å². The molecule has 0 radical (unpaired) electrons. The fourth-order valence-corrected chi connectivity index (χ4v) is 3.03. The molecule has 2 aromatic rings. The standard InChI is InChI=1S/C22H25NO/c1-22(2,3)19-9-7-16(8-10-19)13-21(24)12-11-20-14-17-5-4-6-18(17)15-23-20/h4-5,7-10,14-15H,6,11-13H2,1-3H3. The normalized spacial score (nSPS) is 13.1. The van der Waals surface area contributed by atoms with E-state index >= 15 is 0 Å². The Morgan fingerprint density at radius 2 is 1.92 bits per heavy atom. The van der Waals surface area contributed by atoms with Crippen molar-refractivity contribution in [2.45, 2.75) is 51.9 Å². The lowest BCUT2D eigenvalue weighted by Gasteiger charge is -2.19. The fraction of sp³-hybridized carbons (Fsp3) is 0.364. The molecule has 0 aliphatic heterocycles. The Balaban J connectivity index is 1.55. The molecule has 0 spiro atoms. The lowest BCUT2D eigenvalue weighted by molar-refractivity contribution is -0.118. The second-order valence-corrected chi connectivity index (χ2v) is 7.64. The van der Waals surface area contributed by atoms with Crippen LogP contribution in [0, 0.1) is 0 Å². The molecule has 1 aromatic carbocycles.